The Kier molecular flexibility index (Phi) is 5.75. The lowest BCUT2D eigenvalue weighted by molar-refractivity contribution is -0.317. The smallest absolute Gasteiger partial charge is 0.315 e. The van der Waals surface area contributed by atoms with Gasteiger partial charge in [-0.15, -0.1) is 0 Å². The molecular formula is C20H34N2O4S. The van der Waals surface area contributed by atoms with Crippen LogP contribution in [0.2, 0.25) is 0 Å². The van der Waals surface area contributed by atoms with Crippen LogP contribution in [-0.4, -0.2) is 47.5 Å². The number of esters is 1. The van der Waals surface area contributed by atoms with E-state index in [0.29, 0.717) is 18.3 Å². The van der Waals surface area contributed by atoms with Crippen molar-refractivity contribution >= 4 is 23.8 Å². The minimum atomic E-state index is -0.889. The molecule has 2 amide bonds. The predicted octanol–water partition coefficient (Wildman–Crippen LogP) is 3.44. The number of carbonyl (C=O) groups excluding carboxylic acids is 2. The molecule has 2 unspecified atom stereocenters. The highest BCUT2D eigenvalue weighted by Gasteiger charge is 2.56. The number of hydrogen-bond acceptors (Lipinski definition) is 5. The van der Waals surface area contributed by atoms with E-state index in [1.54, 1.807) is 0 Å². The maximum atomic E-state index is 12.5. The summed E-state index contributed by atoms with van der Waals surface area (Å²) in [4.78, 5) is 23.9. The second-order valence-corrected chi connectivity index (χ2v) is 10.7. The third kappa shape index (κ3) is 3.95. The molecule has 3 heterocycles. The zero-order chi connectivity index (χ0) is 19.9. The van der Waals surface area contributed by atoms with Gasteiger partial charge in [-0.2, -0.15) is 11.8 Å². The number of urea groups is 1. The lowest BCUT2D eigenvalue weighted by Crippen LogP contribution is -2.58. The van der Waals surface area contributed by atoms with Crippen molar-refractivity contribution in [1.82, 2.24) is 10.6 Å². The predicted molar refractivity (Wildman–Crippen MR) is 107 cm³/mol. The maximum Gasteiger partial charge on any atom is 0.315 e. The second kappa shape index (κ2) is 7.47. The number of ether oxygens (including phenoxy) is 2. The van der Waals surface area contributed by atoms with E-state index >= 15 is 0 Å². The van der Waals surface area contributed by atoms with Crippen LogP contribution < -0.4 is 10.6 Å². The standard InChI is InChI=1S/C20H34N2O4S/c1-18(2)10-11-25-20(5,19(18,3)4)26-15(23)9-7-6-8-14-16-13(12-27-14)21-17(24)22-16/h13-14,16H,6-12H2,1-5H3,(H2,21,22,24)/t13-,14?,16-,20?/m0/s1. The molecule has 3 aliphatic heterocycles. The van der Waals surface area contributed by atoms with Crippen LogP contribution in [0.15, 0.2) is 0 Å². The van der Waals surface area contributed by atoms with E-state index in [0.717, 1.165) is 31.4 Å². The summed E-state index contributed by atoms with van der Waals surface area (Å²) in [5.41, 5.74) is -0.229. The Morgan fingerprint density at radius 2 is 1.96 bits per heavy atom. The summed E-state index contributed by atoms with van der Waals surface area (Å²) in [6, 6.07) is 0.434. The van der Waals surface area contributed by atoms with E-state index in [2.05, 4.69) is 38.3 Å². The summed E-state index contributed by atoms with van der Waals surface area (Å²) < 4.78 is 11.8. The Morgan fingerprint density at radius 1 is 1.22 bits per heavy atom. The number of amides is 2. The van der Waals surface area contributed by atoms with Crippen molar-refractivity contribution < 1.29 is 19.1 Å². The van der Waals surface area contributed by atoms with Crippen molar-refractivity contribution in [3.63, 3.8) is 0 Å². The first-order valence-corrected chi connectivity index (χ1v) is 11.2. The minimum absolute atomic E-state index is 0.0380. The molecule has 4 atom stereocenters. The van der Waals surface area contributed by atoms with Crippen molar-refractivity contribution in [2.24, 2.45) is 10.8 Å². The van der Waals surface area contributed by atoms with Crippen LogP contribution in [0.1, 0.15) is 66.7 Å². The molecule has 0 radical (unpaired) electrons. The molecule has 7 heteroatoms. The largest absolute Gasteiger partial charge is 0.433 e. The Bertz CT molecular complexity index is 595. The van der Waals surface area contributed by atoms with E-state index in [1.165, 1.54) is 0 Å². The summed E-state index contributed by atoms with van der Waals surface area (Å²) in [6.45, 7) is 11.2. The zero-order valence-corrected chi connectivity index (χ0v) is 18.0. The summed E-state index contributed by atoms with van der Waals surface area (Å²) in [6.07, 6.45) is 4.13. The van der Waals surface area contributed by atoms with Crippen LogP contribution >= 0.6 is 11.8 Å². The first-order valence-electron chi connectivity index (χ1n) is 10.1. The SMILES string of the molecule is CC1(C)CCOC(C)(OC(=O)CCCCC2SC[C@@H]3NC(=O)N[C@H]23)C1(C)C. The van der Waals surface area contributed by atoms with Gasteiger partial charge < -0.3 is 20.1 Å². The Morgan fingerprint density at radius 3 is 2.70 bits per heavy atom. The van der Waals surface area contributed by atoms with E-state index in [9.17, 15) is 9.59 Å². The van der Waals surface area contributed by atoms with Gasteiger partial charge in [0.25, 0.3) is 0 Å². The van der Waals surface area contributed by atoms with Crippen LogP contribution in [0.3, 0.4) is 0 Å². The Labute approximate surface area is 166 Å². The molecule has 6 nitrogen and oxygen atoms in total. The van der Waals surface area contributed by atoms with Gasteiger partial charge in [0.05, 0.1) is 18.7 Å². The maximum absolute atomic E-state index is 12.5. The third-order valence-electron chi connectivity index (χ3n) is 7.30. The van der Waals surface area contributed by atoms with Gasteiger partial charge in [-0.3, -0.25) is 4.79 Å². The Balaban J connectivity index is 1.43. The fourth-order valence-electron chi connectivity index (χ4n) is 4.29. The molecule has 0 aromatic carbocycles. The van der Waals surface area contributed by atoms with E-state index in [4.69, 9.17) is 9.47 Å². The molecule has 2 N–H and O–H groups in total. The minimum Gasteiger partial charge on any atom is -0.433 e. The van der Waals surface area contributed by atoms with Gasteiger partial charge in [-0.25, -0.2) is 4.79 Å². The average molecular weight is 399 g/mol. The Hall–Kier alpha value is -0.950. The van der Waals surface area contributed by atoms with E-state index < -0.39 is 5.79 Å². The van der Waals surface area contributed by atoms with Crippen LogP contribution in [0, 0.1) is 10.8 Å². The van der Waals surface area contributed by atoms with Crippen LogP contribution in [0.25, 0.3) is 0 Å². The van der Waals surface area contributed by atoms with Crippen LogP contribution in [0.4, 0.5) is 4.79 Å². The molecule has 0 aliphatic carbocycles. The number of carbonyl (C=O) groups is 2. The van der Waals surface area contributed by atoms with Crippen molar-refractivity contribution in [3.8, 4) is 0 Å². The molecule has 3 rings (SSSR count). The molecule has 3 aliphatic rings. The molecule has 3 fully saturated rings. The van der Waals surface area contributed by atoms with Crippen LogP contribution in [-0.2, 0) is 14.3 Å². The fraction of sp³-hybridized carbons (Fsp3) is 0.900. The van der Waals surface area contributed by atoms with Crippen molar-refractivity contribution in [3.05, 3.63) is 0 Å². The molecule has 154 valence electrons. The van der Waals surface area contributed by atoms with E-state index in [-0.39, 0.29) is 34.9 Å². The topological polar surface area (TPSA) is 76.7 Å². The first kappa shape index (κ1) is 20.8. The normalized spacial score (nSPS) is 36.6. The number of nitrogens with one attached hydrogen (secondary N) is 2. The number of fused-ring (bicyclic) bond motifs is 1. The molecule has 0 saturated carbocycles. The molecule has 0 bridgehead atoms. The van der Waals surface area contributed by atoms with Crippen molar-refractivity contribution in [2.75, 3.05) is 12.4 Å². The zero-order valence-electron chi connectivity index (χ0n) is 17.2. The molecule has 3 saturated heterocycles. The first-order chi connectivity index (χ1) is 12.6. The number of rotatable bonds is 6. The number of unbranched alkanes of at least 4 members (excludes halogenated alkanes) is 1. The highest BCUT2D eigenvalue weighted by Crippen LogP contribution is 2.54. The summed E-state index contributed by atoms with van der Waals surface area (Å²) in [7, 11) is 0. The molecular weight excluding hydrogens is 364 g/mol. The number of thioether (sulfide) groups is 1. The van der Waals surface area contributed by atoms with Gasteiger partial charge >= 0.3 is 12.0 Å². The van der Waals surface area contributed by atoms with Gasteiger partial charge in [0.15, 0.2) is 0 Å². The monoisotopic (exact) mass is 398 g/mol. The van der Waals surface area contributed by atoms with Crippen LogP contribution in [0.5, 0.6) is 0 Å². The summed E-state index contributed by atoms with van der Waals surface area (Å²) in [5.74, 6) is -0.104. The molecule has 27 heavy (non-hydrogen) atoms. The second-order valence-electron chi connectivity index (χ2n) is 9.39. The molecule has 0 spiro atoms. The third-order valence-corrected chi connectivity index (χ3v) is 8.81. The highest BCUT2D eigenvalue weighted by molar-refractivity contribution is 8.00. The fourth-order valence-corrected chi connectivity index (χ4v) is 5.84. The summed E-state index contributed by atoms with van der Waals surface area (Å²) >= 11 is 1.91. The molecule has 0 aromatic rings. The van der Waals surface area contributed by atoms with Gasteiger partial charge in [0, 0.05) is 29.8 Å². The summed E-state index contributed by atoms with van der Waals surface area (Å²) in [5, 5.41) is 6.41. The van der Waals surface area contributed by atoms with Gasteiger partial charge in [0.1, 0.15) is 0 Å². The van der Waals surface area contributed by atoms with Crippen molar-refractivity contribution in [1.29, 1.82) is 0 Å². The lowest BCUT2D eigenvalue weighted by Gasteiger charge is -2.55. The highest BCUT2D eigenvalue weighted by atomic mass is 32.2. The van der Waals surface area contributed by atoms with Gasteiger partial charge in [-0.05, 0) is 24.7 Å². The van der Waals surface area contributed by atoms with E-state index in [1.807, 2.05) is 18.7 Å². The van der Waals surface area contributed by atoms with Gasteiger partial charge in [-0.1, -0.05) is 34.1 Å². The van der Waals surface area contributed by atoms with Gasteiger partial charge in [0.2, 0.25) is 5.79 Å². The molecule has 0 aromatic heterocycles. The average Bonchev–Trinajstić information content (AvgIpc) is 3.09. The lowest BCUT2D eigenvalue weighted by atomic mass is 9.60. The van der Waals surface area contributed by atoms with Crippen molar-refractivity contribution in [2.45, 2.75) is 89.8 Å². The number of hydrogen-bond donors (Lipinski definition) is 2. The quantitative estimate of drug-likeness (QED) is 0.407.